The van der Waals surface area contributed by atoms with Gasteiger partial charge in [-0.3, -0.25) is 4.79 Å². The average molecular weight is 326 g/mol. The number of esters is 1. The van der Waals surface area contributed by atoms with Crippen LogP contribution in [0.4, 0.5) is 13.2 Å². The minimum atomic E-state index is -4.55. The molecule has 0 saturated carbocycles. The molecule has 0 unspecified atom stereocenters. The number of carbonyl (C=O) groups excluding carboxylic acids is 1. The molecule has 0 aliphatic rings. The summed E-state index contributed by atoms with van der Waals surface area (Å²) < 4.78 is 42.6. The quantitative estimate of drug-likeness (QED) is 0.764. The smallest absolute Gasteiger partial charge is 0.445 e. The fourth-order valence-electron chi connectivity index (χ4n) is 0.999. The molecule has 20 heavy (non-hydrogen) atoms. The average Bonchev–Trinajstić information content (AvgIpc) is 2.99. The molecule has 108 valence electrons. The number of hydrogen-bond donors (Lipinski definition) is 0. The molecule has 0 aliphatic carbocycles. The number of ether oxygens (including phenoxy) is 1. The molecule has 0 atom stereocenters. The summed E-state index contributed by atoms with van der Waals surface area (Å²) in [5.74, 6) is -0.590. The standard InChI is InChI=1S/C7H5F3N6O2S2/c1-18-3(17)2-16-5(12-14-15-16)20-6-13-11-4(19-6)7(8,9)10/h2H2,1H3. The highest BCUT2D eigenvalue weighted by Gasteiger charge is 2.35. The molecule has 8 nitrogen and oxygen atoms in total. The van der Waals surface area contributed by atoms with Crippen molar-refractivity contribution < 1.29 is 22.7 Å². The Balaban J connectivity index is 2.13. The van der Waals surface area contributed by atoms with Crippen molar-refractivity contribution in [2.75, 3.05) is 7.11 Å². The van der Waals surface area contributed by atoms with Crippen LogP contribution >= 0.6 is 23.1 Å². The second-order valence-electron chi connectivity index (χ2n) is 3.17. The predicted octanol–water partition coefficient (Wildman–Crippen LogP) is 0.868. The van der Waals surface area contributed by atoms with Gasteiger partial charge in [-0.25, -0.2) is 4.68 Å². The third-order valence-electron chi connectivity index (χ3n) is 1.83. The molecular weight excluding hydrogens is 321 g/mol. The molecule has 13 heteroatoms. The summed E-state index contributed by atoms with van der Waals surface area (Å²) in [7, 11) is 1.19. The maximum absolute atomic E-state index is 12.4. The van der Waals surface area contributed by atoms with Crippen molar-refractivity contribution in [2.24, 2.45) is 0 Å². The second-order valence-corrected chi connectivity index (χ2v) is 5.36. The molecule has 2 heterocycles. The molecule has 0 N–H and O–H groups in total. The summed E-state index contributed by atoms with van der Waals surface area (Å²) in [4.78, 5) is 11.1. The molecular formula is C7H5F3N6O2S2. The molecule has 2 aromatic heterocycles. The van der Waals surface area contributed by atoms with Crippen LogP contribution in [0.15, 0.2) is 9.50 Å². The second kappa shape index (κ2) is 5.70. The molecule has 0 radical (unpaired) electrons. The first kappa shape index (κ1) is 14.6. The summed E-state index contributed by atoms with van der Waals surface area (Å²) in [6, 6.07) is 0. The molecule has 0 aromatic carbocycles. The third-order valence-corrected chi connectivity index (χ3v) is 3.83. The number of methoxy groups -OCH3 is 1. The molecule has 0 saturated heterocycles. The fourth-order valence-corrected chi connectivity index (χ4v) is 2.59. The Morgan fingerprint density at radius 2 is 2.15 bits per heavy atom. The largest absolute Gasteiger partial charge is 0.468 e. The van der Waals surface area contributed by atoms with Crippen LogP contribution in [0, 0.1) is 0 Å². The number of hydrogen-bond acceptors (Lipinski definition) is 9. The van der Waals surface area contributed by atoms with Crippen molar-refractivity contribution in [2.45, 2.75) is 22.2 Å². The van der Waals surface area contributed by atoms with Gasteiger partial charge in [0.15, 0.2) is 4.34 Å². The third kappa shape index (κ3) is 3.41. The van der Waals surface area contributed by atoms with Gasteiger partial charge >= 0.3 is 12.1 Å². The van der Waals surface area contributed by atoms with Gasteiger partial charge in [0.1, 0.15) is 6.54 Å². The summed E-state index contributed by atoms with van der Waals surface area (Å²) in [6.07, 6.45) is -4.55. The maximum Gasteiger partial charge on any atom is 0.445 e. The Hall–Kier alpha value is -1.76. The van der Waals surface area contributed by atoms with Crippen LogP contribution < -0.4 is 0 Å². The molecule has 0 bridgehead atoms. The van der Waals surface area contributed by atoms with E-state index in [0.29, 0.717) is 11.3 Å². The fraction of sp³-hybridized carbons (Fsp3) is 0.429. The highest BCUT2D eigenvalue weighted by molar-refractivity contribution is 8.00. The Kier molecular flexibility index (Phi) is 4.17. The van der Waals surface area contributed by atoms with Gasteiger partial charge in [-0.1, -0.05) is 11.3 Å². The lowest BCUT2D eigenvalue weighted by molar-refractivity contribution is -0.141. The van der Waals surface area contributed by atoms with E-state index in [9.17, 15) is 18.0 Å². The molecule has 2 rings (SSSR count). The van der Waals surface area contributed by atoms with Crippen molar-refractivity contribution in [1.82, 2.24) is 30.4 Å². The van der Waals surface area contributed by atoms with Gasteiger partial charge in [-0.2, -0.15) is 13.2 Å². The van der Waals surface area contributed by atoms with Gasteiger partial charge in [0.25, 0.3) is 0 Å². The zero-order valence-electron chi connectivity index (χ0n) is 9.66. The summed E-state index contributed by atoms with van der Waals surface area (Å²) >= 11 is 1.14. The monoisotopic (exact) mass is 326 g/mol. The van der Waals surface area contributed by atoms with Crippen LogP contribution in [0.2, 0.25) is 0 Å². The topological polar surface area (TPSA) is 95.7 Å². The number of carbonyl (C=O) groups is 1. The number of aromatic nitrogens is 6. The molecule has 0 amide bonds. The van der Waals surface area contributed by atoms with Crippen molar-refractivity contribution in [3.05, 3.63) is 5.01 Å². The summed E-state index contributed by atoms with van der Waals surface area (Å²) in [6.45, 7) is -0.253. The number of nitrogens with zero attached hydrogens (tertiary/aromatic N) is 6. The lowest BCUT2D eigenvalue weighted by Crippen LogP contribution is -2.13. The molecule has 2 aromatic rings. The molecule has 0 spiro atoms. The molecule has 0 fully saturated rings. The van der Waals surface area contributed by atoms with Crippen LogP contribution in [-0.4, -0.2) is 43.5 Å². The normalized spacial score (nSPS) is 11.6. The number of alkyl halides is 3. The van der Waals surface area contributed by atoms with E-state index in [-0.39, 0.29) is 16.0 Å². The van der Waals surface area contributed by atoms with E-state index in [1.54, 1.807) is 0 Å². The first-order valence-electron chi connectivity index (χ1n) is 4.81. The van der Waals surface area contributed by atoms with E-state index in [1.165, 1.54) is 7.11 Å². The number of halogens is 3. The van der Waals surface area contributed by atoms with E-state index in [1.807, 2.05) is 0 Å². The lowest BCUT2D eigenvalue weighted by atomic mass is 10.7. The zero-order chi connectivity index (χ0) is 14.8. The summed E-state index contributed by atoms with van der Waals surface area (Å²) in [5, 5.41) is 15.9. The predicted molar refractivity (Wildman–Crippen MR) is 58.9 cm³/mol. The van der Waals surface area contributed by atoms with Gasteiger partial charge in [-0.05, 0) is 22.2 Å². The van der Waals surface area contributed by atoms with E-state index in [2.05, 4.69) is 30.5 Å². The number of tetrazole rings is 1. The summed E-state index contributed by atoms with van der Waals surface area (Å²) in [5.41, 5.74) is 0. The highest BCUT2D eigenvalue weighted by Crippen LogP contribution is 2.36. The van der Waals surface area contributed by atoms with Gasteiger partial charge in [0, 0.05) is 0 Å². The zero-order valence-corrected chi connectivity index (χ0v) is 11.3. The maximum atomic E-state index is 12.4. The van der Waals surface area contributed by atoms with Gasteiger partial charge in [-0.15, -0.1) is 15.3 Å². The van der Waals surface area contributed by atoms with E-state index in [4.69, 9.17) is 0 Å². The van der Waals surface area contributed by atoms with Crippen molar-refractivity contribution in [1.29, 1.82) is 0 Å². The Labute approximate surface area is 117 Å². The Bertz CT molecular complexity index is 612. The van der Waals surface area contributed by atoms with Crippen LogP contribution in [-0.2, 0) is 22.3 Å². The Morgan fingerprint density at radius 3 is 2.75 bits per heavy atom. The van der Waals surface area contributed by atoms with Crippen LogP contribution in [0.25, 0.3) is 0 Å². The van der Waals surface area contributed by atoms with Gasteiger partial charge < -0.3 is 4.74 Å². The highest BCUT2D eigenvalue weighted by atomic mass is 32.2. The number of rotatable bonds is 4. The van der Waals surface area contributed by atoms with Crippen LogP contribution in [0.3, 0.4) is 0 Å². The lowest BCUT2D eigenvalue weighted by Gasteiger charge is -2.00. The van der Waals surface area contributed by atoms with Crippen molar-refractivity contribution in [3.8, 4) is 0 Å². The van der Waals surface area contributed by atoms with Crippen LogP contribution in [0.5, 0.6) is 0 Å². The van der Waals surface area contributed by atoms with Gasteiger partial charge in [0.05, 0.1) is 7.11 Å². The van der Waals surface area contributed by atoms with Crippen molar-refractivity contribution >= 4 is 29.1 Å². The van der Waals surface area contributed by atoms with E-state index in [0.717, 1.165) is 16.4 Å². The minimum absolute atomic E-state index is 0.0123. The van der Waals surface area contributed by atoms with E-state index >= 15 is 0 Å². The van der Waals surface area contributed by atoms with E-state index < -0.39 is 17.2 Å². The van der Waals surface area contributed by atoms with Gasteiger partial charge in [0.2, 0.25) is 10.2 Å². The Morgan fingerprint density at radius 1 is 1.40 bits per heavy atom. The first-order valence-corrected chi connectivity index (χ1v) is 6.45. The van der Waals surface area contributed by atoms with Crippen molar-refractivity contribution in [3.63, 3.8) is 0 Å². The first-order chi connectivity index (χ1) is 9.40. The minimum Gasteiger partial charge on any atom is -0.468 e. The molecule has 0 aliphatic heterocycles. The van der Waals surface area contributed by atoms with Crippen LogP contribution in [0.1, 0.15) is 5.01 Å². The SMILES string of the molecule is COC(=O)Cn1nnnc1Sc1nnc(C(F)(F)F)s1.